The molecule has 1 atom stereocenters. The first-order valence-corrected chi connectivity index (χ1v) is 10.6. The van der Waals surface area contributed by atoms with E-state index in [9.17, 15) is 14.7 Å². The average molecular weight is 431 g/mol. The molecule has 1 saturated heterocycles. The number of ketones is 1. The molecule has 0 saturated carbocycles. The van der Waals surface area contributed by atoms with Crippen molar-refractivity contribution in [2.24, 2.45) is 0 Å². The molecular formula is C26H25NO5. The minimum atomic E-state index is -0.897. The van der Waals surface area contributed by atoms with Crippen LogP contribution in [0.3, 0.4) is 0 Å². The number of aliphatic hydroxyl groups is 1. The third kappa shape index (κ3) is 3.80. The number of amides is 1. The number of ether oxygens (including phenoxy) is 1. The molecular weight excluding hydrogens is 406 g/mol. The summed E-state index contributed by atoms with van der Waals surface area (Å²) in [6, 6.07) is 15.1. The highest BCUT2D eigenvalue weighted by atomic mass is 16.5. The average Bonchev–Trinajstić information content (AvgIpc) is 3.41. The van der Waals surface area contributed by atoms with Crippen LogP contribution >= 0.6 is 0 Å². The molecule has 1 unspecified atom stereocenters. The first-order chi connectivity index (χ1) is 15.4. The van der Waals surface area contributed by atoms with Crippen LogP contribution < -0.4 is 9.64 Å². The van der Waals surface area contributed by atoms with Gasteiger partial charge in [-0.3, -0.25) is 14.5 Å². The Morgan fingerprint density at radius 1 is 1.09 bits per heavy atom. The third-order valence-electron chi connectivity index (χ3n) is 5.47. The summed E-state index contributed by atoms with van der Waals surface area (Å²) in [4.78, 5) is 27.7. The number of hydrogen-bond acceptors (Lipinski definition) is 5. The van der Waals surface area contributed by atoms with Crippen molar-refractivity contribution in [3.63, 3.8) is 0 Å². The second-order valence-corrected chi connectivity index (χ2v) is 7.85. The van der Waals surface area contributed by atoms with Gasteiger partial charge in [-0.2, -0.15) is 0 Å². The summed E-state index contributed by atoms with van der Waals surface area (Å²) in [6.45, 7) is 6.30. The lowest BCUT2D eigenvalue weighted by molar-refractivity contribution is -0.132. The van der Waals surface area contributed by atoms with Gasteiger partial charge in [-0.25, -0.2) is 0 Å². The summed E-state index contributed by atoms with van der Waals surface area (Å²) < 4.78 is 11.3. The van der Waals surface area contributed by atoms with E-state index in [0.717, 1.165) is 17.5 Å². The number of Topliss-reactive ketones (excluding diaryl/α,β-unsaturated/α-hetero) is 1. The fraction of sp³-hybridized carbons (Fsp3) is 0.231. The van der Waals surface area contributed by atoms with Gasteiger partial charge in [0.2, 0.25) is 0 Å². The second kappa shape index (κ2) is 8.75. The molecule has 2 heterocycles. The number of carbonyl (C=O) groups excluding carboxylic acids is 2. The lowest BCUT2D eigenvalue weighted by atomic mass is 9.96. The van der Waals surface area contributed by atoms with Crippen molar-refractivity contribution >= 4 is 23.1 Å². The molecule has 4 rings (SSSR count). The van der Waals surface area contributed by atoms with Gasteiger partial charge >= 0.3 is 0 Å². The first-order valence-electron chi connectivity index (χ1n) is 10.6. The molecule has 1 amide bonds. The number of aryl methyl sites for hydroxylation is 2. The molecule has 3 aromatic rings. The highest BCUT2D eigenvalue weighted by Gasteiger charge is 2.48. The lowest BCUT2D eigenvalue weighted by Gasteiger charge is -2.24. The van der Waals surface area contributed by atoms with Crippen molar-refractivity contribution in [2.45, 2.75) is 33.2 Å². The molecule has 6 heteroatoms. The molecule has 1 aliphatic rings. The highest BCUT2D eigenvalue weighted by molar-refractivity contribution is 6.51. The van der Waals surface area contributed by atoms with E-state index in [1.165, 1.54) is 11.2 Å². The number of carbonyl (C=O) groups is 2. The van der Waals surface area contributed by atoms with Crippen LogP contribution in [0.2, 0.25) is 0 Å². The molecule has 1 fully saturated rings. The number of furan rings is 1. The van der Waals surface area contributed by atoms with Crippen LogP contribution in [0.4, 0.5) is 5.69 Å². The fourth-order valence-electron chi connectivity index (χ4n) is 3.89. The first kappa shape index (κ1) is 21.4. The number of aliphatic hydroxyl groups excluding tert-OH is 1. The van der Waals surface area contributed by atoms with Gasteiger partial charge in [0, 0.05) is 17.3 Å². The van der Waals surface area contributed by atoms with Crippen molar-refractivity contribution in [2.75, 3.05) is 11.5 Å². The maximum absolute atomic E-state index is 13.2. The predicted molar refractivity (Wildman–Crippen MR) is 122 cm³/mol. The normalized spacial score (nSPS) is 17.7. The van der Waals surface area contributed by atoms with Crippen molar-refractivity contribution < 1.29 is 23.8 Å². The SMILES string of the molecule is CCCOc1cccc(N2C(=O)C(=O)/C(=C(\O)c3cc(C)ccc3C)C2c2ccco2)c1. The minimum absolute atomic E-state index is 0.00136. The predicted octanol–water partition coefficient (Wildman–Crippen LogP) is 5.31. The molecule has 0 spiro atoms. The molecule has 1 aromatic heterocycles. The largest absolute Gasteiger partial charge is 0.507 e. The Morgan fingerprint density at radius 3 is 2.62 bits per heavy atom. The number of rotatable bonds is 6. The molecule has 2 aromatic carbocycles. The van der Waals surface area contributed by atoms with Gasteiger partial charge in [0.05, 0.1) is 18.4 Å². The quantitative estimate of drug-likeness (QED) is 0.325. The Bertz CT molecular complexity index is 1190. The van der Waals surface area contributed by atoms with Crippen LogP contribution in [0, 0.1) is 13.8 Å². The Balaban J connectivity index is 1.89. The topological polar surface area (TPSA) is 80.0 Å². The van der Waals surface area contributed by atoms with Crippen LogP contribution in [0.25, 0.3) is 5.76 Å². The second-order valence-electron chi connectivity index (χ2n) is 7.85. The number of nitrogens with zero attached hydrogens (tertiary/aromatic N) is 1. The van der Waals surface area contributed by atoms with Crippen LogP contribution in [0.15, 0.2) is 70.9 Å². The maximum Gasteiger partial charge on any atom is 0.300 e. The molecule has 0 radical (unpaired) electrons. The molecule has 0 aliphatic carbocycles. The summed E-state index contributed by atoms with van der Waals surface area (Å²) in [7, 11) is 0. The molecule has 1 N–H and O–H groups in total. The molecule has 0 bridgehead atoms. The zero-order chi connectivity index (χ0) is 22.8. The lowest BCUT2D eigenvalue weighted by Crippen LogP contribution is -2.29. The summed E-state index contributed by atoms with van der Waals surface area (Å²) in [6.07, 6.45) is 2.32. The fourth-order valence-corrected chi connectivity index (χ4v) is 3.89. The van der Waals surface area contributed by atoms with Crippen LogP contribution in [0.5, 0.6) is 5.75 Å². The summed E-state index contributed by atoms with van der Waals surface area (Å²) in [5.41, 5.74) is 2.73. The molecule has 164 valence electrons. The zero-order valence-electron chi connectivity index (χ0n) is 18.3. The minimum Gasteiger partial charge on any atom is -0.507 e. The van der Waals surface area contributed by atoms with Gasteiger partial charge in [-0.1, -0.05) is 30.7 Å². The van der Waals surface area contributed by atoms with E-state index in [2.05, 4.69) is 0 Å². The molecule has 32 heavy (non-hydrogen) atoms. The van der Waals surface area contributed by atoms with Crippen molar-refractivity contribution in [1.82, 2.24) is 0 Å². The zero-order valence-corrected chi connectivity index (χ0v) is 18.3. The number of hydrogen-bond donors (Lipinski definition) is 1. The summed E-state index contributed by atoms with van der Waals surface area (Å²) in [5, 5.41) is 11.2. The van der Waals surface area contributed by atoms with Gasteiger partial charge in [-0.05, 0) is 56.2 Å². The molecule has 6 nitrogen and oxygen atoms in total. The molecule has 1 aliphatic heterocycles. The Labute approximate surface area is 186 Å². The van der Waals surface area contributed by atoms with Crippen LogP contribution in [0.1, 0.15) is 41.8 Å². The van der Waals surface area contributed by atoms with Crippen molar-refractivity contribution in [3.8, 4) is 5.75 Å². The number of benzene rings is 2. The third-order valence-corrected chi connectivity index (χ3v) is 5.47. The van der Waals surface area contributed by atoms with E-state index in [-0.39, 0.29) is 11.3 Å². The van der Waals surface area contributed by atoms with Crippen molar-refractivity contribution in [1.29, 1.82) is 0 Å². The number of anilines is 1. The monoisotopic (exact) mass is 431 g/mol. The standard InChI is InChI=1S/C26H25NO5/c1-4-12-31-19-8-5-7-18(15-19)27-23(21-9-6-13-32-21)22(25(29)26(27)30)24(28)20-14-16(2)10-11-17(20)3/h5-11,13-15,23,28H,4,12H2,1-3H3/b24-22-. The smallest absolute Gasteiger partial charge is 0.300 e. The Morgan fingerprint density at radius 2 is 1.91 bits per heavy atom. The van der Waals surface area contributed by atoms with Crippen LogP contribution in [-0.2, 0) is 9.59 Å². The van der Waals surface area contributed by atoms with E-state index in [1.54, 1.807) is 42.5 Å². The summed E-state index contributed by atoms with van der Waals surface area (Å²) in [5.74, 6) is -0.725. The Kier molecular flexibility index (Phi) is 5.86. The van der Waals surface area contributed by atoms with Crippen molar-refractivity contribution in [3.05, 3.63) is 88.9 Å². The van der Waals surface area contributed by atoms with E-state index >= 15 is 0 Å². The van der Waals surface area contributed by atoms with Gasteiger partial charge in [-0.15, -0.1) is 0 Å². The van der Waals surface area contributed by atoms with E-state index in [1.807, 2.05) is 32.9 Å². The maximum atomic E-state index is 13.2. The van der Waals surface area contributed by atoms with Gasteiger partial charge in [0.25, 0.3) is 11.7 Å². The Hall–Kier alpha value is -3.80. The summed E-state index contributed by atoms with van der Waals surface area (Å²) >= 11 is 0. The van der Waals surface area contributed by atoms with E-state index in [4.69, 9.17) is 9.15 Å². The van der Waals surface area contributed by atoms with E-state index in [0.29, 0.717) is 29.4 Å². The van der Waals surface area contributed by atoms with Gasteiger partial charge in [0.15, 0.2) is 0 Å². The van der Waals surface area contributed by atoms with E-state index < -0.39 is 17.7 Å². The van der Waals surface area contributed by atoms with Crippen LogP contribution in [-0.4, -0.2) is 23.4 Å². The highest BCUT2D eigenvalue weighted by Crippen LogP contribution is 2.43. The van der Waals surface area contributed by atoms with Gasteiger partial charge < -0.3 is 14.3 Å². The van der Waals surface area contributed by atoms with Gasteiger partial charge in [0.1, 0.15) is 23.3 Å².